The fraction of sp³-hybridized carbons (Fsp3) is 0.125. The Morgan fingerprint density at radius 2 is 1.42 bits per heavy atom. The molecule has 0 aliphatic heterocycles. The van der Waals surface area contributed by atoms with Crippen LogP contribution in [0.2, 0.25) is 20.1 Å². The molecule has 3 aromatic rings. The molecule has 0 aliphatic carbocycles. The highest BCUT2D eigenvalue weighted by atomic mass is 35.5. The number of carbonyl (C=O) groups is 3. The van der Waals surface area contributed by atoms with Gasteiger partial charge in [-0.3, -0.25) is 9.59 Å². The van der Waals surface area contributed by atoms with Crippen LogP contribution in [0.25, 0.3) is 0 Å². The Morgan fingerprint density at radius 1 is 0.833 bits per heavy atom. The molecule has 0 aliphatic rings. The summed E-state index contributed by atoms with van der Waals surface area (Å²) >= 11 is 25.3. The van der Waals surface area contributed by atoms with E-state index >= 15 is 0 Å². The molecule has 0 aromatic heterocycles. The van der Waals surface area contributed by atoms with Crippen LogP contribution in [0.3, 0.4) is 0 Å². The van der Waals surface area contributed by atoms with E-state index in [4.69, 9.17) is 55.9 Å². The molecule has 36 heavy (non-hydrogen) atoms. The van der Waals surface area contributed by atoms with E-state index in [1.807, 2.05) is 0 Å². The van der Waals surface area contributed by atoms with Gasteiger partial charge in [0, 0.05) is 16.1 Å². The number of carboxylic acids is 1. The first-order valence-corrected chi connectivity index (χ1v) is 12.5. The average molecular weight is 589 g/mol. The van der Waals surface area contributed by atoms with Crippen LogP contribution >= 0.6 is 58.2 Å². The number of aromatic carboxylic acids is 1. The lowest BCUT2D eigenvalue weighted by Crippen LogP contribution is -2.18. The number of ether oxygens (including phenoxy) is 2. The first-order valence-electron chi connectivity index (χ1n) is 9.97. The Morgan fingerprint density at radius 3 is 1.97 bits per heavy atom. The Kier molecular flexibility index (Phi) is 9.38. The fourth-order valence-electron chi connectivity index (χ4n) is 3.12. The van der Waals surface area contributed by atoms with Crippen molar-refractivity contribution in [1.29, 1.82) is 0 Å². The lowest BCUT2D eigenvalue weighted by Gasteiger charge is -2.14. The minimum Gasteiger partial charge on any atom is -0.493 e. The summed E-state index contributed by atoms with van der Waals surface area (Å²) in [5.74, 6) is -1.27. The quantitative estimate of drug-likeness (QED) is 0.117. The second-order valence-corrected chi connectivity index (χ2v) is 9.63. The third-order valence-corrected chi connectivity index (χ3v) is 7.71. The number of nitrogens with one attached hydrogen (secondary N) is 1. The van der Waals surface area contributed by atoms with Crippen molar-refractivity contribution in [1.82, 2.24) is 0 Å². The van der Waals surface area contributed by atoms with Crippen molar-refractivity contribution in [2.24, 2.45) is 0 Å². The Balaban J connectivity index is 1.71. The standard InChI is InChI=1S/C24H17Cl4NO6S/c1-34-15-8-3-11(9-16(15)35-2)14(30)10-36-13-6-4-12(5-7-13)29-23(31)17-18(24(32)33)20(26)22(28)21(27)19(17)25/h3-9H,10H2,1-2H3,(H,29,31)(H,32,33). The number of amides is 1. The number of rotatable bonds is 9. The highest BCUT2D eigenvalue weighted by molar-refractivity contribution is 8.00. The molecule has 0 atom stereocenters. The maximum absolute atomic E-state index is 12.8. The molecule has 12 heteroatoms. The molecule has 3 aromatic carbocycles. The third-order valence-electron chi connectivity index (χ3n) is 4.90. The Hall–Kier alpha value is -2.62. The van der Waals surface area contributed by atoms with Gasteiger partial charge in [0.25, 0.3) is 5.91 Å². The van der Waals surface area contributed by atoms with Crippen LogP contribution in [-0.2, 0) is 0 Å². The summed E-state index contributed by atoms with van der Waals surface area (Å²) in [5.41, 5.74) is -0.141. The highest BCUT2D eigenvalue weighted by Gasteiger charge is 2.29. The van der Waals surface area contributed by atoms with Gasteiger partial charge in [-0.2, -0.15) is 0 Å². The van der Waals surface area contributed by atoms with Crippen molar-refractivity contribution in [2.75, 3.05) is 25.3 Å². The van der Waals surface area contributed by atoms with Gasteiger partial charge in [-0.05, 0) is 42.5 Å². The number of benzene rings is 3. The third kappa shape index (κ3) is 6.02. The molecule has 7 nitrogen and oxygen atoms in total. The lowest BCUT2D eigenvalue weighted by molar-refractivity contribution is 0.0692. The maximum Gasteiger partial charge on any atom is 0.338 e. The predicted octanol–water partition coefficient (Wildman–Crippen LogP) is 7.24. The molecule has 0 radical (unpaired) electrons. The average Bonchev–Trinajstić information content (AvgIpc) is 2.87. The molecule has 0 heterocycles. The summed E-state index contributed by atoms with van der Waals surface area (Å²) in [4.78, 5) is 37.9. The van der Waals surface area contributed by atoms with E-state index in [-0.39, 0.29) is 26.6 Å². The van der Waals surface area contributed by atoms with Gasteiger partial charge in [0.15, 0.2) is 17.3 Å². The number of methoxy groups -OCH3 is 2. The number of ketones is 1. The number of hydrogen-bond acceptors (Lipinski definition) is 6. The van der Waals surface area contributed by atoms with Crippen LogP contribution in [0.15, 0.2) is 47.4 Å². The van der Waals surface area contributed by atoms with E-state index in [2.05, 4.69) is 5.32 Å². The first kappa shape index (κ1) is 28.0. The van der Waals surface area contributed by atoms with E-state index in [0.717, 1.165) is 4.90 Å². The molecular formula is C24H17Cl4NO6S. The minimum absolute atomic E-state index is 0.106. The van der Waals surface area contributed by atoms with Crippen LogP contribution < -0.4 is 14.8 Å². The Labute approximate surface area is 230 Å². The van der Waals surface area contributed by atoms with Gasteiger partial charge in [0.05, 0.1) is 51.2 Å². The van der Waals surface area contributed by atoms with Crippen molar-refractivity contribution in [3.8, 4) is 11.5 Å². The molecule has 0 fully saturated rings. The number of carboxylic acid groups (broad SMARTS) is 1. The number of halogens is 4. The lowest BCUT2D eigenvalue weighted by atomic mass is 10.1. The van der Waals surface area contributed by atoms with Gasteiger partial charge in [0.1, 0.15) is 0 Å². The van der Waals surface area contributed by atoms with Crippen LogP contribution in [-0.4, -0.2) is 42.7 Å². The monoisotopic (exact) mass is 587 g/mol. The van der Waals surface area contributed by atoms with E-state index in [0.29, 0.717) is 22.7 Å². The second kappa shape index (κ2) is 12.1. The van der Waals surface area contributed by atoms with Crippen LogP contribution in [0.1, 0.15) is 31.1 Å². The van der Waals surface area contributed by atoms with Crippen molar-refractivity contribution >= 4 is 81.5 Å². The Bertz CT molecular complexity index is 1350. The topological polar surface area (TPSA) is 102 Å². The highest BCUT2D eigenvalue weighted by Crippen LogP contribution is 2.42. The van der Waals surface area contributed by atoms with Crippen molar-refractivity contribution < 1.29 is 29.0 Å². The molecule has 0 spiro atoms. The SMILES string of the molecule is COc1ccc(C(=O)CSc2ccc(NC(=O)c3c(Cl)c(Cl)c(Cl)c(Cl)c3C(=O)O)cc2)cc1OC. The molecule has 188 valence electrons. The molecule has 2 N–H and O–H groups in total. The minimum atomic E-state index is -1.49. The zero-order chi connectivity index (χ0) is 26.6. The smallest absolute Gasteiger partial charge is 0.338 e. The first-order chi connectivity index (χ1) is 17.1. The zero-order valence-corrected chi connectivity index (χ0v) is 22.5. The summed E-state index contributed by atoms with van der Waals surface area (Å²) in [7, 11) is 3.01. The molecule has 0 saturated heterocycles. The van der Waals surface area contributed by atoms with E-state index in [1.54, 1.807) is 42.5 Å². The molecule has 3 rings (SSSR count). The van der Waals surface area contributed by atoms with Gasteiger partial charge >= 0.3 is 5.97 Å². The van der Waals surface area contributed by atoms with Gasteiger partial charge in [-0.15, -0.1) is 11.8 Å². The van der Waals surface area contributed by atoms with Crippen LogP contribution in [0, 0.1) is 0 Å². The fourth-order valence-corrected chi connectivity index (χ4v) is 4.93. The van der Waals surface area contributed by atoms with Gasteiger partial charge < -0.3 is 19.9 Å². The number of anilines is 1. The molecule has 0 unspecified atom stereocenters. The maximum atomic E-state index is 12.8. The van der Waals surface area contributed by atoms with Gasteiger partial charge in [-0.25, -0.2) is 4.79 Å². The second-order valence-electron chi connectivity index (χ2n) is 7.07. The van der Waals surface area contributed by atoms with E-state index in [1.165, 1.54) is 26.0 Å². The zero-order valence-electron chi connectivity index (χ0n) is 18.7. The summed E-state index contributed by atoms with van der Waals surface area (Å²) in [6.45, 7) is 0. The largest absolute Gasteiger partial charge is 0.493 e. The molecular weight excluding hydrogens is 572 g/mol. The number of carbonyl (C=O) groups excluding carboxylic acids is 2. The van der Waals surface area contributed by atoms with Gasteiger partial charge in [0.2, 0.25) is 0 Å². The molecule has 0 bridgehead atoms. The van der Waals surface area contributed by atoms with Crippen LogP contribution in [0.5, 0.6) is 11.5 Å². The van der Waals surface area contributed by atoms with Crippen molar-refractivity contribution in [3.63, 3.8) is 0 Å². The normalized spacial score (nSPS) is 10.6. The number of thioether (sulfide) groups is 1. The van der Waals surface area contributed by atoms with Gasteiger partial charge in [-0.1, -0.05) is 46.4 Å². The summed E-state index contributed by atoms with van der Waals surface area (Å²) in [6.07, 6.45) is 0. The number of Topliss-reactive ketones (excluding diaryl/α,β-unsaturated/α-hetero) is 1. The molecule has 1 amide bonds. The van der Waals surface area contributed by atoms with Crippen LogP contribution in [0.4, 0.5) is 5.69 Å². The molecule has 0 saturated carbocycles. The van der Waals surface area contributed by atoms with E-state index in [9.17, 15) is 19.5 Å². The summed E-state index contributed by atoms with van der Waals surface area (Å²) in [5, 5.41) is 10.9. The summed E-state index contributed by atoms with van der Waals surface area (Å²) < 4.78 is 10.4. The van der Waals surface area contributed by atoms with Crippen molar-refractivity contribution in [3.05, 3.63) is 79.2 Å². The predicted molar refractivity (Wildman–Crippen MR) is 142 cm³/mol. The van der Waals surface area contributed by atoms with E-state index < -0.39 is 28.0 Å². The summed E-state index contributed by atoms with van der Waals surface area (Å²) in [6, 6.07) is 11.5. The van der Waals surface area contributed by atoms with Crippen molar-refractivity contribution in [2.45, 2.75) is 4.90 Å². The number of hydrogen-bond donors (Lipinski definition) is 2.